The van der Waals surface area contributed by atoms with Crippen LogP contribution in [0.15, 0.2) is 33.9 Å². The van der Waals surface area contributed by atoms with Crippen molar-refractivity contribution in [2.75, 3.05) is 6.61 Å². The highest BCUT2D eigenvalue weighted by Crippen LogP contribution is 2.26. The smallest absolute Gasteiger partial charge is 0.332 e. The summed E-state index contributed by atoms with van der Waals surface area (Å²) in [6, 6.07) is 8.29. The topological polar surface area (TPSA) is 80.3 Å². The van der Waals surface area contributed by atoms with Gasteiger partial charge in [-0.3, -0.25) is 18.5 Å². The first-order valence-electron chi connectivity index (χ1n) is 8.54. The van der Waals surface area contributed by atoms with Gasteiger partial charge >= 0.3 is 5.69 Å². The zero-order chi connectivity index (χ0) is 18.4. The summed E-state index contributed by atoms with van der Waals surface area (Å²) in [6.45, 7) is 2.93. The molecule has 0 aliphatic carbocycles. The minimum atomic E-state index is -0.419. The number of benzene rings is 1. The van der Waals surface area contributed by atoms with Gasteiger partial charge in [-0.05, 0) is 24.1 Å². The first-order chi connectivity index (χ1) is 12.5. The largest absolute Gasteiger partial charge is 0.490 e. The van der Waals surface area contributed by atoms with Crippen LogP contribution >= 0.6 is 0 Å². The average molecular weight is 356 g/mol. The van der Waals surface area contributed by atoms with Gasteiger partial charge in [-0.2, -0.15) is 4.98 Å². The summed E-state index contributed by atoms with van der Waals surface area (Å²) in [6.07, 6.45) is 0.755. The van der Waals surface area contributed by atoms with E-state index < -0.39 is 5.56 Å². The Labute approximate surface area is 149 Å². The van der Waals surface area contributed by atoms with Crippen LogP contribution in [0.2, 0.25) is 0 Å². The van der Waals surface area contributed by atoms with E-state index in [0.29, 0.717) is 24.8 Å². The standard InChI is InChI=1S/C18H20N4O4/c1-4-11-5-7-12(8-6-11)25-10-13-9-22-15-14(19-17(22)26-13)16(23)21(3)18(24)20(15)2/h5-8,13H,4,9-10H2,1-3H3/t13-/m0/s1. The van der Waals surface area contributed by atoms with E-state index in [1.165, 1.54) is 17.2 Å². The third kappa shape index (κ3) is 2.49. The fraction of sp³-hybridized carbons (Fsp3) is 0.389. The summed E-state index contributed by atoms with van der Waals surface area (Å²) in [5, 5.41) is 0. The highest BCUT2D eigenvalue weighted by molar-refractivity contribution is 5.72. The monoisotopic (exact) mass is 356 g/mol. The molecular weight excluding hydrogens is 336 g/mol. The van der Waals surface area contributed by atoms with E-state index in [1.807, 2.05) is 24.3 Å². The quantitative estimate of drug-likeness (QED) is 0.692. The Bertz CT molecular complexity index is 1090. The minimum Gasteiger partial charge on any atom is -0.490 e. The van der Waals surface area contributed by atoms with Crippen LogP contribution in [0.25, 0.3) is 11.2 Å². The van der Waals surface area contributed by atoms with E-state index in [4.69, 9.17) is 9.47 Å². The van der Waals surface area contributed by atoms with Gasteiger partial charge in [0.25, 0.3) is 11.6 Å². The molecule has 1 aromatic carbocycles. The molecule has 0 amide bonds. The molecular formula is C18H20N4O4. The summed E-state index contributed by atoms with van der Waals surface area (Å²) in [7, 11) is 3.06. The molecule has 26 heavy (non-hydrogen) atoms. The Balaban J connectivity index is 1.56. The molecule has 0 saturated heterocycles. The lowest BCUT2D eigenvalue weighted by molar-refractivity contribution is 0.144. The second-order valence-electron chi connectivity index (χ2n) is 6.43. The number of nitrogens with zero attached hydrogens (tertiary/aromatic N) is 4. The number of fused-ring (bicyclic) bond motifs is 3. The molecule has 0 unspecified atom stereocenters. The van der Waals surface area contributed by atoms with Gasteiger partial charge in [-0.25, -0.2) is 4.79 Å². The number of hydrogen-bond acceptors (Lipinski definition) is 5. The van der Waals surface area contributed by atoms with Gasteiger partial charge in [0, 0.05) is 14.1 Å². The number of ether oxygens (including phenoxy) is 2. The molecule has 1 aliphatic heterocycles. The Morgan fingerprint density at radius 1 is 1.19 bits per heavy atom. The predicted molar refractivity (Wildman–Crippen MR) is 95.9 cm³/mol. The number of aryl methyl sites for hydroxylation is 2. The molecule has 8 nitrogen and oxygen atoms in total. The lowest BCUT2D eigenvalue weighted by atomic mass is 10.2. The first kappa shape index (κ1) is 16.4. The first-order valence-corrected chi connectivity index (χ1v) is 8.54. The van der Waals surface area contributed by atoms with Crippen LogP contribution in [0.3, 0.4) is 0 Å². The summed E-state index contributed by atoms with van der Waals surface area (Å²) in [5.41, 5.74) is 1.16. The molecule has 3 aromatic rings. The third-order valence-corrected chi connectivity index (χ3v) is 4.73. The molecule has 2 aromatic heterocycles. The SMILES string of the molecule is CCc1ccc(OC[C@@H]2Cn3c(nc4c(=O)n(C)c(=O)n(C)c43)O2)cc1. The predicted octanol–water partition coefficient (Wildman–Crippen LogP) is 0.836. The molecule has 3 heterocycles. The summed E-state index contributed by atoms with van der Waals surface area (Å²) in [5.74, 6) is 0.779. The maximum Gasteiger partial charge on any atom is 0.332 e. The van der Waals surface area contributed by atoms with Crippen LogP contribution < -0.4 is 20.7 Å². The highest BCUT2D eigenvalue weighted by atomic mass is 16.6. The van der Waals surface area contributed by atoms with Crippen molar-refractivity contribution in [1.29, 1.82) is 0 Å². The van der Waals surface area contributed by atoms with Crippen molar-refractivity contribution in [2.24, 2.45) is 14.1 Å². The average Bonchev–Trinajstić information content (AvgIpc) is 3.21. The van der Waals surface area contributed by atoms with E-state index >= 15 is 0 Å². The Kier molecular flexibility index (Phi) is 3.82. The Morgan fingerprint density at radius 2 is 1.92 bits per heavy atom. The number of rotatable bonds is 4. The molecule has 8 heteroatoms. The van der Waals surface area contributed by atoms with Crippen molar-refractivity contribution in [2.45, 2.75) is 26.0 Å². The summed E-state index contributed by atoms with van der Waals surface area (Å²) in [4.78, 5) is 28.7. The summed E-state index contributed by atoms with van der Waals surface area (Å²) >= 11 is 0. The van der Waals surface area contributed by atoms with Crippen LogP contribution in [0.5, 0.6) is 11.8 Å². The van der Waals surface area contributed by atoms with Gasteiger partial charge in [0.15, 0.2) is 17.3 Å². The van der Waals surface area contributed by atoms with Crippen LogP contribution in [-0.4, -0.2) is 31.4 Å². The molecule has 1 atom stereocenters. The molecule has 0 bridgehead atoms. The van der Waals surface area contributed by atoms with Gasteiger partial charge in [-0.1, -0.05) is 19.1 Å². The van der Waals surface area contributed by atoms with Crippen LogP contribution in [0.1, 0.15) is 12.5 Å². The molecule has 0 fully saturated rings. The second-order valence-corrected chi connectivity index (χ2v) is 6.43. The molecule has 4 rings (SSSR count). The van der Waals surface area contributed by atoms with Gasteiger partial charge in [-0.15, -0.1) is 0 Å². The highest BCUT2D eigenvalue weighted by Gasteiger charge is 2.30. The fourth-order valence-corrected chi connectivity index (χ4v) is 3.21. The van der Waals surface area contributed by atoms with E-state index in [9.17, 15) is 9.59 Å². The van der Waals surface area contributed by atoms with E-state index in [1.54, 1.807) is 11.6 Å². The van der Waals surface area contributed by atoms with Crippen LogP contribution in [-0.2, 0) is 27.1 Å². The normalized spacial score (nSPS) is 15.9. The van der Waals surface area contributed by atoms with Gasteiger partial charge < -0.3 is 9.47 Å². The zero-order valence-corrected chi connectivity index (χ0v) is 14.9. The molecule has 0 saturated carbocycles. The van der Waals surface area contributed by atoms with E-state index in [-0.39, 0.29) is 17.3 Å². The maximum atomic E-state index is 12.2. The second kappa shape index (κ2) is 6.05. The van der Waals surface area contributed by atoms with Crippen molar-refractivity contribution in [3.63, 3.8) is 0 Å². The van der Waals surface area contributed by atoms with E-state index in [2.05, 4.69) is 11.9 Å². The van der Waals surface area contributed by atoms with Gasteiger partial charge in [0.1, 0.15) is 12.4 Å². The van der Waals surface area contributed by atoms with E-state index in [0.717, 1.165) is 16.7 Å². The number of hydrogen-bond donors (Lipinski definition) is 0. The molecule has 136 valence electrons. The van der Waals surface area contributed by atoms with Gasteiger partial charge in [0.2, 0.25) is 0 Å². The lowest BCUT2D eigenvalue weighted by Crippen LogP contribution is -2.37. The Hall–Kier alpha value is -3.03. The van der Waals surface area contributed by atoms with Crippen molar-refractivity contribution in [1.82, 2.24) is 18.7 Å². The van der Waals surface area contributed by atoms with Gasteiger partial charge in [0.05, 0.1) is 6.54 Å². The fourth-order valence-electron chi connectivity index (χ4n) is 3.21. The van der Waals surface area contributed by atoms with Crippen molar-refractivity contribution >= 4 is 11.2 Å². The number of aromatic nitrogens is 4. The summed E-state index contributed by atoms with van der Waals surface area (Å²) < 4.78 is 15.8. The molecule has 0 radical (unpaired) electrons. The van der Waals surface area contributed by atoms with Crippen LogP contribution in [0, 0.1) is 0 Å². The van der Waals surface area contributed by atoms with Crippen molar-refractivity contribution < 1.29 is 9.47 Å². The molecule has 1 aliphatic rings. The number of imidazole rings is 1. The third-order valence-electron chi connectivity index (χ3n) is 4.73. The lowest BCUT2D eigenvalue weighted by Gasteiger charge is -2.12. The minimum absolute atomic E-state index is 0.230. The molecule has 0 N–H and O–H groups in total. The molecule has 0 spiro atoms. The zero-order valence-electron chi connectivity index (χ0n) is 14.9. The van der Waals surface area contributed by atoms with Crippen molar-refractivity contribution in [3.8, 4) is 11.8 Å². The van der Waals surface area contributed by atoms with Crippen LogP contribution in [0.4, 0.5) is 0 Å². The maximum absolute atomic E-state index is 12.2. The van der Waals surface area contributed by atoms with Crippen molar-refractivity contribution in [3.05, 3.63) is 50.7 Å². The Morgan fingerprint density at radius 3 is 2.62 bits per heavy atom.